The third kappa shape index (κ3) is 4.31. The fourth-order valence-electron chi connectivity index (χ4n) is 1.32. The van der Waals surface area contributed by atoms with Crippen molar-refractivity contribution in [3.63, 3.8) is 0 Å². The minimum absolute atomic E-state index is 0.461. The summed E-state index contributed by atoms with van der Waals surface area (Å²) in [4.78, 5) is 17.0. The highest BCUT2D eigenvalue weighted by Gasteiger charge is 2.12. The van der Waals surface area contributed by atoms with Crippen LogP contribution >= 0.6 is 27.3 Å². The van der Waals surface area contributed by atoms with E-state index < -0.39 is 4.92 Å². The van der Waals surface area contributed by atoms with Gasteiger partial charge in [0.15, 0.2) is 9.74 Å². The third-order valence-electron chi connectivity index (χ3n) is 2.08. The van der Waals surface area contributed by atoms with Crippen molar-refractivity contribution in [2.24, 2.45) is 0 Å². The minimum atomic E-state index is -0.461. The summed E-state index contributed by atoms with van der Waals surface area (Å²) >= 11 is 4.81. The molecular weight excluding hydrogens is 308 g/mol. The molecule has 6 nitrogen and oxygen atoms in total. The van der Waals surface area contributed by atoms with Crippen molar-refractivity contribution >= 4 is 27.3 Å². The highest BCUT2D eigenvalue weighted by molar-refractivity contribution is 9.11. The number of thiazole rings is 1. The maximum Gasteiger partial charge on any atom is 0.274 e. The second-order valence-corrected chi connectivity index (χ2v) is 5.53. The number of nitro groups is 1. The van der Waals surface area contributed by atoms with Gasteiger partial charge < -0.3 is 10.2 Å². The van der Waals surface area contributed by atoms with Crippen LogP contribution in [0.1, 0.15) is 11.8 Å². The highest BCUT2D eigenvalue weighted by atomic mass is 79.9. The monoisotopic (exact) mass is 320 g/mol. The van der Waals surface area contributed by atoms with Gasteiger partial charge in [-0.15, -0.1) is 11.3 Å². The molecule has 17 heavy (non-hydrogen) atoms. The number of hydrogen-bond acceptors (Lipinski definition) is 6. The van der Waals surface area contributed by atoms with Crippen LogP contribution in [0.15, 0.2) is 22.1 Å². The lowest BCUT2D eigenvalue weighted by Gasteiger charge is -2.22. The number of hydrogen-bond donors (Lipinski definition) is 1. The molecule has 0 fully saturated rings. The van der Waals surface area contributed by atoms with Crippen LogP contribution in [-0.2, 0) is 6.54 Å². The van der Waals surface area contributed by atoms with E-state index in [1.54, 1.807) is 13.2 Å². The van der Waals surface area contributed by atoms with Crippen LogP contribution in [0, 0.1) is 10.1 Å². The van der Waals surface area contributed by atoms with Crippen LogP contribution in [0.25, 0.3) is 0 Å². The Kier molecular flexibility index (Phi) is 5.36. The van der Waals surface area contributed by atoms with E-state index in [1.807, 2.05) is 11.8 Å². The normalized spacial score (nSPS) is 11.4. The fraction of sp³-hybridized carbons (Fsp3) is 0.444. The lowest BCUT2D eigenvalue weighted by atomic mass is 10.4. The van der Waals surface area contributed by atoms with Crippen LogP contribution in [0.5, 0.6) is 0 Å². The number of nitrogens with one attached hydrogen (secondary N) is 1. The molecule has 0 saturated heterocycles. The van der Waals surface area contributed by atoms with Crippen LogP contribution in [-0.4, -0.2) is 28.4 Å². The Labute approximate surface area is 112 Å². The first kappa shape index (κ1) is 13.9. The molecular formula is C9H13BrN4O2S. The van der Waals surface area contributed by atoms with Gasteiger partial charge >= 0.3 is 0 Å². The number of aromatic nitrogens is 1. The average Bonchev–Trinajstić information content (AvgIpc) is 2.68. The predicted octanol–water partition coefficient (Wildman–Crippen LogP) is 2.02. The predicted molar refractivity (Wildman–Crippen MR) is 70.0 cm³/mol. The van der Waals surface area contributed by atoms with Crippen molar-refractivity contribution in [2.75, 3.05) is 13.6 Å². The molecule has 0 unspecified atom stereocenters. The lowest BCUT2D eigenvalue weighted by molar-refractivity contribution is -0.404. The Balaban J connectivity index is 2.80. The van der Waals surface area contributed by atoms with Gasteiger partial charge in [-0.1, -0.05) is 0 Å². The molecule has 1 heterocycles. The molecule has 0 spiro atoms. The quantitative estimate of drug-likeness (QED) is 0.641. The summed E-state index contributed by atoms with van der Waals surface area (Å²) in [5.74, 6) is 0.488. The summed E-state index contributed by atoms with van der Waals surface area (Å²) in [7, 11) is 1.67. The summed E-state index contributed by atoms with van der Waals surface area (Å²) in [5, 5.41) is 13.3. The van der Waals surface area contributed by atoms with E-state index in [0.717, 1.165) is 15.0 Å². The van der Waals surface area contributed by atoms with E-state index >= 15 is 0 Å². The maximum absolute atomic E-state index is 10.5. The largest absolute Gasteiger partial charge is 0.370 e. The number of halogens is 1. The molecule has 1 aromatic heterocycles. The molecule has 1 rings (SSSR count). The summed E-state index contributed by atoms with van der Waals surface area (Å²) < 4.78 is 0.813. The smallest absolute Gasteiger partial charge is 0.274 e. The Morgan fingerprint density at radius 3 is 2.94 bits per heavy atom. The molecule has 0 amide bonds. The van der Waals surface area contributed by atoms with Gasteiger partial charge in [0, 0.05) is 24.7 Å². The van der Waals surface area contributed by atoms with E-state index in [9.17, 15) is 10.1 Å². The molecule has 0 atom stereocenters. The zero-order valence-electron chi connectivity index (χ0n) is 9.51. The standard InChI is InChI=1S/C9H13BrN4O2S/c1-3-13(8(11-2)6-14(15)16)5-7-4-12-9(10)17-7/h4,6,11H,3,5H2,1-2H3. The molecule has 0 aliphatic rings. The Hall–Kier alpha value is -1.15. The molecule has 0 bridgehead atoms. The molecule has 0 saturated carbocycles. The van der Waals surface area contributed by atoms with Crippen molar-refractivity contribution < 1.29 is 4.92 Å². The molecule has 1 N–H and O–H groups in total. The summed E-state index contributed by atoms with van der Waals surface area (Å²) in [6, 6.07) is 0. The molecule has 0 aromatic carbocycles. The molecule has 94 valence electrons. The van der Waals surface area contributed by atoms with E-state index in [4.69, 9.17) is 0 Å². The van der Waals surface area contributed by atoms with Gasteiger partial charge in [0.05, 0.1) is 11.5 Å². The maximum atomic E-state index is 10.5. The first-order valence-corrected chi connectivity index (χ1v) is 6.56. The van der Waals surface area contributed by atoms with Crippen LogP contribution in [0.4, 0.5) is 0 Å². The van der Waals surface area contributed by atoms with Crippen LogP contribution < -0.4 is 5.32 Å². The van der Waals surface area contributed by atoms with E-state index in [1.165, 1.54) is 11.3 Å². The molecule has 0 radical (unpaired) electrons. The van der Waals surface area contributed by atoms with Gasteiger partial charge in [-0.05, 0) is 22.9 Å². The molecule has 0 aliphatic carbocycles. The van der Waals surface area contributed by atoms with Crippen molar-refractivity contribution in [2.45, 2.75) is 13.5 Å². The van der Waals surface area contributed by atoms with Gasteiger partial charge in [-0.2, -0.15) is 0 Å². The first-order valence-electron chi connectivity index (χ1n) is 4.95. The van der Waals surface area contributed by atoms with E-state index in [-0.39, 0.29) is 0 Å². The zero-order chi connectivity index (χ0) is 12.8. The number of nitrogens with zero attached hydrogens (tertiary/aromatic N) is 3. The highest BCUT2D eigenvalue weighted by Crippen LogP contribution is 2.20. The summed E-state index contributed by atoms with van der Waals surface area (Å²) in [6.07, 6.45) is 2.73. The Bertz CT molecular complexity index is 421. The molecule has 1 aromatic rings. The molecule has 8 heteroatoms. The topological polar surface area (TPSA) is 71.3 Å². The summed E-state index contributed by atoms with van der Waals surface area (Å²) in [5.41, 5.74) is 0. The van der Waals surface area contributed by atoms with Crippen molar-refractivity contribution in [1.82, 2.24) is 15.2 Å². The van der Waals surface area contributed by atoms with Crippen molar-refractivity contribution in [3.05, 3.63) is 37.1 Å². The van der Waals surface area contributed by atoms with Crippen LogP contribution in [0.2, 0.25) is 0 Å². The second-order valence-electron chi connectivity index (χ2n) is 3.14. The van der Waals surface area contributed by atoms with Crippen LogP contribution in [0.3, 0.4) is 0 Å². The minimum Gasteiger partial charge on any atom is -0.370 e. The number of rotatable bonds is 6. The van der Waals surface area contributed by atoms with Gasteiger partial charge in [-0.3, -0.25) is 10.1 Å². The average molecular weight is 321 g/mol. The Morgan fingerprint density at radius 1 is 1.82 bits per heavy atom. The second kappa shape index (κ2) is 6.55. The van der Waals surface area contributed by atoms with E-state index in [2.05, 4.69) is 26.2 Å². The Morgan fingerprint density at radius 2 is 2.53 bits per heavy atom. The van der Waals surface area contributed by atoms with Gasteiger partial charge in [-0.25, -0.2) is 4.98 Å². The van der Waals surface area contributed by atoms with Gasteiger partial charge in [0.1, 0.15) is 0 Å². The van der Waals surface area contributed by atoms with Gasteiger partial charge in [0.25, 0.3) is 6.20 Å². The summed E-state index contributed by atoms with van der Waals surface area (Å²) in [6.45, 7) is 3.22. The first-order chi connectivity index (χ1) is 8.06. The zero-order valence-corrected chi connectivity index (χ0v) is 11.9. The SMILES string of the molecule is CCN(Cc1cnc(Br)s1)C(=C[N+](=O)[O-])NC. The fourth-order valence-corrected chi connectivity index (χ4v) is 2.69. The lowest BCUT2D eigenvalue weighted by Crippen LogP contribution is -2.29. The third-order valence-corrected chi connectivity index (χ3v) is 3.54. The van der Waals surface area contributed by atoms with Gasteiger partial charge in [0.2, 0.25) is 0 Å². The van der Waals surface area contributed by atoms with Crippen molar-refractivity contribution in [3.8, 4) is 0 Å². The molecule has 0 aliphatic heterocycles. The van der Waals surface area contributed by atoms with E-state index in [0.29, 0.717) is 18.9 Å². The van der Waals surface area contributed by atoms with Crippen molar-refractivity contribution in [1.29, 1.82) is 0 Å².